The van der Waals surface area contributed by atoms with Crippen LogP contribution >= 0.6 is 0 Å². The lowest BCUT2D eigenvalue weighted by Crippen LogP contribution is -2.10. The minimum absolute atomic E-state index is 0.0786. The van der Waals surface area contributed by atoms with Crippen LogP contribution in [0.2, 0.25) is 0 Å². The van der Waals surface area contributed by atoms with Gasteiger partial charge in [0, 0.05) is 5.56 Å². The van der Waals surface area contributed by atoms with Crippen LogP contribution in [0.3, 0.4) is 0 Å². The first-order valence-corrected chi connectivity index (χ1v) is 5.59. The number of nitrogens with zero attached hydrogens (tertiary/aromatic N) is 1. The SMILES string of the molecule is N#CC1=Cc2c(ccc3ccccc23)OCC1=O. The minimum Gasteiger partial charge on any atom is -0.485 e. The maximum atomic E-state index is 11.6. The number of nitriles is 1. The first-order chi connectivity index (χ1) is 8.79. The highest BCUT2D eigenvalue weighted by Crippen LogP contribution is 2.31. The van der Waals surface area contributed by atoms with Crippen molar-refractivity contribution in [3.8, 4) is 11.8 Å². The summed E-state index contributed by atoms with van der Waals surface area (Å²) in [6.07, 6.45) is 1.62. The minimum atomic E-state index is -0.280. The lowest BCUT2D eigenvalue weighted by Gasteiger charge is -2.08. The van der Waals surface area contributed by atoms with Gasteiger partial charge in [0.1, 0.15) is 11.8 Å². The van der Waals surface area contributed by atoms with Crippen LogP contribution in [0.1, 0.15) is 5.56 Å². The van der Waals surface area contributed by atoms with Crippen LogP contribution in [-0.2, 0) is 4.79 Å². The highest BCUT2D eigenvalue weighted by molar-refractivity contribution is 6.07. The average molecular weight is 235 g/mol. The second-order valence-corrected chi connectivity index (χ2v) is 4.08. The van der Waals surface area contributed by atoms with Gasteiger partial charge in [-0.3, -0.25) is 4.79 Å². The van der Waals surface area contributed by atoms with Gasteiger partial charge < -0.3 is 4.74 Å². The van der Waals surface area contributed by atoms with Gasteiger partial charge >= 0.3 is 0 Å². The molecule has 3 heteroatoms. The summed E-state index contributed by atoms with van der Waals surface area (Å²) in [5, 5.41) is 11.0. The third kappa shape index (κ3) is 1.56. The monoisotopic (exact) mass is 235 g/mol. The second kappa shape index (κ2) is 4.01. The lowest BCUT2D eigenvalue weighted by atomic mass is 10.0. The van der Waals surface area contributed by atoms with E-state index < -0.39 is 0 Å². The molecule has 0 amide bonds. The Morgan fingerprint density at radius 2 is 2.00 bits per heavy atom. The maximum absolute atomic E-state index is 11.6. The van der Waals surface area contributed by atoms with Gasteiger partial charge in [0.25, 0.3) is 0 Å². The predicted molar refractivity (Wildman–Crippen MR) is 68.0 cm³/mol. The molecular weight excluding hydrogens is 226 g/mol. The standard InChI is InChI=1S/C15H9NO2/c16-8-11-7-13-12-4-2-1-3-10(12)5-6-15(13)18-9-14(11)17/h1-7H,9H2. The highest BCUT2D eigenvalue weighted by atomic mass is 16.5. The molecule has 0 saturated carbocycles. The Kier molecular flexibility index (Phi) is 2.35. The molecule has 1 heterocycles. The Balaban J connectivity index is 2.35. The third-order valence-electron chi connectivity index (χ3n) is 3.00. The largest absolute Gasteiger partial charge is 0.485 e. The fourth-order valence-corrected chi connectivity index (χ4v) is 2.09. The number of ether oxygens (including phenoxy) is 1. The topological polar surface area (TPSA) is 50.1 Å². The highest BCUT2D eigenvalue weighted by Gasteiger charge is 2.18. The predicted octanol–water partition coefficient (Wildman–Crippen LogP) is 2.71. The van der Waals surface area contributed by atoms with E-state index in [4.69, 9.17) is 10.00 Å². The van der Waals surface area contributed by atoms with E-state index >= 15 is 0 Å². The summed E-state index contributed by atoms with van der Waals surface area (Å²) in [6.45, 7) is -0.0786. The van der Waals surface area contributed by atoms with Gasteiger partial charge in [0.15, 0.2) is 6.61 Å². The fourth-order valence-electron chi connectivity index (χ4n) is 2.09. The molecule has 0 fully saturated rings. The zero-order valence-corrected chi connectivity index (χ0v) is 9.51. The Bertz CT molecular complexity index is 723. The van der Waals surface area contributed by atoms with Crippen molar-refractivity contribution >= 4 is 22.6 Å². The number of hydrogen-bond acceptors (Lipinski definition) is 3. The van der Waals surface area contributed by atoms with Crippen molar-refractivity contribution in [1.29, 1.82) is 5.26 Å². The van der Waals surface area contributed by atoms with Crippen LogP contribution in [0.25, 0.3) is 16.8 Å². The van der Waals surface area contributed by atoms with Crippen molar-refractivity contribution in [2.45, 2.75) is 0 Å². The summed E-state index contributed by atoms with van der Waals surface area (Å²) in [5.74, 6) is 0.366. The lowest BCUT2D eigenvalue weighted by molar-refractivity contribution is -0.116. The molecule has 3 nitrogen and oxygen atoms in total. The molecule has 0 atom stereocenters. The van der Waals surface area contributed by atoms with E-state index in [9.17, 15) is 4.79 Å². The molecule has 0 aliphatic carbocycles. The van der Waals surface area contributed by atoms with Crippen LogP contribution in [0, 0.1) is 11.3 Å². The zero-order valence-electron chi connectivity index (χ0n) is 9.51. The molecule has 0 bridgehead atoms. The van der Waals surface area contributed by atoms with E-state index in [0.717, 1.165) is 16.3 Å². The summed E-state index contributed by atoms with van der Waals surface area (Å²) in [4.78, 5) is 11.6. The molecule has 0 spiro atoms. The smallest absolute Gasteiger partial charge is 0.210 e. The van der Waals surface area contributed by atoms with Gasteiger partial charge in [-0.25, -0.2) is 0 Å². The zero-order chi connectivity index (χ0) is 12.5. The summed E-state index contributed by atoms with van der Waals surface area (Å²) in [6, 6.07) is 13.5. The van der Waals surface area contributed by atoms with Gasteiger partial charge in [-0.2, -0.15) is 5.26 Å². The Hall–Kier alpha value is -2.60. The van der Waals surface area contributed by atoms with Crippen LogP contribution in [0.4, 0.5) is 0 Å². The summed E-state index contributed by atoms with van der Waals surface area (Å²) in [5.41, 5.74) is 0.945. The first-order valence-electron chi connectivity index (χ1n) is 5.59. The van der Waals surface area contributed by atoms with E-state index in [1.54, 1.807) is 6.08 Å². The van der Waals surface area contributed by atoms with Crippen molar-refractivity contribution in [2.75, 3.05) is 6.61 Å². The Labute approximate surface area is 104 Å². The fraction of sp³-hybridized carbons (Fsp3) is 0.0667. The van der Waals surface area contributed by atoms with E-state index in [0.29, 0.717) is 5.75 Å². The van der Waals surface area contributed by atoms with E-state index in [1.807, 2.05) is 42.5 Å². The van der Waals surface area contributed by atoms with Crippen LogP contribution < -0.4 is 4.74 Å². The van der Waals surface area contributed by atoms with Crippen molar-refractivity contribution < 1.29 is 9.53 Å². The van der Waals surface area contributed by atoms with E-state index in [-0.39, 0.29) is 18.0 Å². The van der Waals surface area contributed by atoms with Crippen molar-refractivity contribution in [2.24, 2.45) is 0 Å². The number of Topliss-reactive ketones (excluding diaryl/α,β-unsaturated/α-hetero) is 1. The third-order valence-corrected chi connectivity index (χ3v) is 3.00. The van der Waals surface area contributed by atoms with Crippen LogP contribution in [0.15, 0.2) is 42.0 Å². The molecule has 2 aromatic rings. The second-order valence-electron chi connectivity index (χ2n) is 4.08. The van der Waals surface area contributed by atoms with Gasteiger partial charge in [0.2, 0.25) is 5.78 Å². The number of rotatable bonds is 0. The van der Waals surface area contributed by atoms with E-state index in [1.165, 1.54) is 0 Å². The molecule has 0 saturated heterocycles. The molecule has 1 aliphatic heterocycles. The van der Waals surface area contributed by atoms with Gasteiger partial charge in [-0.15, -0.1) is 0 Å². The number of ketones is 1. The van der Waals surface area contributed by atoms with Gasteiger partial charge in [0.05, 0.1) is 5.57 Å². The molecule has 0 radical (unpaired) electrons. The number of carbonyl (C=O) groups is 1. The average Bonchev–Trinajstić information content (AvgIpc) is 2.58. The number of fused-ring (bicyclic) bond motifs is 3. The number of benzene rings is 2. The van der Waals surface area contributed by atoms with E-state index in [2.05, 4.69) is 0 Å². The summed E-state index contributed by atoms with van der Waals surface area (Å²) >= 11 is 0. The molecule has 0 N–H and O–H groups in total. The molecular formula is C15H9NO2. The Morgan fingerprint density at radius 3 is 2.83 bits per heavy atom. The maximum Gasteiger partial charge on any atom is 0.210 e. The van der Waals surface area contributed by atoms with Crippen LogP contribution in [-0.4, -0.2) is 12.4 Å². The quantitative estimate of drug-likeness (QED) is 0.705. The molecule has 0 aromatic heterocycles. The molecule has 86 valence electrons. The van der Waals surface area contributed by atoms with Crippen molar-refractivity contribution in [3.05, 3.63) is 47.5 Å². The molecule has 2 aromatic carbocycles. The van der Waals surface area contributed by atoms with Gasteiger partial charge in [-0.1, -0.05) is 30.3 Å². The van der Waals surface area contributed by atoms with Gasteiger partial charge in [-0.05, 0) is 22.9 Å². The number of carbonyl (C=O) groups excluding carboxylic acids is 1. The Morgan fingerprint density at radius 1 is 1.17 bits per heavy atom. The van der Waals surface area contributed by atoms with Crippen LogP contribution in [0.5, 0.6) is 5.75 Å². The molecule has 1 aliphatic rings. The summed E-state index contributed by atoms with van der Waals surface area (Å²) in [7, 11) is 0. The molecule has 18 heavy (non-hydrogen) atoms. The molecule has 3 rings (SSSR count). The van der Waals surface area contributed by atoms with Crippen molar-refractivity contribution in [3.63, 3.8) is 0 Å². The number of hydrogen-bond donors (Lipinski definition) is 0. The summed E-state index contributed by atoms with van der Waals surface area (Å²) < 4.78 is 5.45. The normalized spacial score (nSPS) is 14.2. The van der Waals surface area contributed by atoms with Crippen molar-refractivity contribution in [1.82, 2.24) is 0 Å². The first kappa shape index (κ1) is 10.5. The molecule has 0 unspecified atom stereocenters.